The molecule has 1 heterocycles. The second-order valence-corrected chi connectivity index (χ2v) is 5.44. The van der Waals surface area contributed by atoms with E-state index in [1.807, 2.05) is 31.2 Å². The van der Waals surface area contributed by atoms with E-state index in [0.717, 1.165) is 27.0 Å². The smallest absolute Gasteiger partial charge is 0.119 e. The largest absolute Gasteiger partial charge is 0.494 e. The van der Waals surface area contributed by atoms with E-state index >= 15 is 0 Å². The van der Waals surface area contributed by atoms with Gasteiger partial charge in [0.1, 0.15) is 16.4 Å². The molecule has 96 valence electrons. The van der Waals surface area contributed by atoms with E-state index in [4.69, 9.17) is 10.5 Å². The monoisotopic (exact) mass is 262 g/mol. The third-order valence-electron chi connectivity index (χ3n) is 2.58. The second kappa shape index (κ2) is 5.40. The molecule has 2 aromatic rings. The lowest BCUT2D eigenvalue weighted by molar-refractivity contribution is 0.340. The fraction of sp³-hybridized carbons (Fsp3) is 0.357. The van der Waals surface area contributed by atoms with Crippen LogP contribution in [0.25, 0.3) is 11.3 Å². The Morgan fingerprint density at radius 1 is 1.39 bits per heavy atom. The zero-order valence-electron chi connectivity index (χ0n) is 10.9. The van der Waals surface area contributed by atoms with Gasteiger partial charge in [0.15, 0.2) is 0 Å². The number of ether oxygens (including phenoxy) is 1. The highest BCUT2D eigenvalue weighted by atomic mass is 32.1. The lowest BCUT2D eigenvalue weighted by Gasteiger charge is -2.04. The Morgan fingerprint density at radius 3 is 2.78 bits per heavy atom. The van der Waals surface area contributed by atoms with Crippen LogP contribution < -0.4 is 10.5 Å². The molecule has 0 radical (unpaired) electrons. The van der Waals surface area contributed by atoms with Gasteiger partial charge in [0, 0.05) is 11.5 Å². The summed E-state index contributed by atoms with van der Waals surface area (Å²) in [6.45, 7) is 6.88. The van der Waals surface area contributed by atoms with Crippen LogP contribution in [0.2, 0.25) is 0 Å². The standard InChI is InChI=1S/C14H18N2OS/c1-4-17-11-7-5-6-10(8-11)12-13(15)18-14(16-12)9(2)3/h5-9H,4,15H2,1-3H3. The number of hydrogen-bond donors (Lipinski definition) is 1. The minimum atomic E-state index is 0.404. The molecule has 2 rings (SSSR count). The number of hydrogen-bond acceptors (Lipinski definition) is 4. The Hall–Kier alpha value is -1.55. The third kappa shape index (κ3) is 2.64. The van der Waals surface area contributed by atoms with Gasteiger partial charge in [-0.15, -0.1) is 11.3 Å². The van der Waals surface area contributed by atoms with Crippen LogP contribution in [0.5, 0.6) is 5.75 Å². The van der Waals surface area contributed by atoms with E-state index in [0.29, 0.717) is 12.5 Å². The normalized spacial score (nSPS) is 10.9. The summed E-state index contributed by atoms with van der Waals surface area (Å²) < 4.78 is 5.50. The Morgan fingerprint density at radius 2 is 2.17 bits per heavy atom. The molecule has 4 heteroatoms. The molecule has 0 saturated carbocycles. The molecule has 0 amide bonds. The van der Waals surface area contributed by atoms with Gasteiger partial charge in [0.05, 0.1) is 11.6 Å². The molecule has 0 aliphatic heterocycles. The second-order valence-electron chi connectivity index (χ2n) is 4.38. The molecule has 0 atom stereocenters. The van der Waals surface area contributed by atoms with E-state index in [2.05, 4.69) is 18.8 Å². The lowest BCUT2D eigenvalue weighted by Crippen LogP contribution is -1.92. The minimum Gasteiger partial charge on any atom is -0.494 e. The maximum absolute atomic E-state index is 6.05. The van der Waals surface area contributed by atoms with E-state index in [-0.39, 0.29) is 0 Å². The zero-order chi connectivity index (χ0) is 13.1. The van der Waals surface area contributed by atoms with Crippen LogP contribution >= 0.6 is 11.3 Å². The predicted octanol–water partition coefficient (Wildman–Crippen LogP) is 3.91. The zero-order valence-corrected chi connectivity index (χ0v) is 11.8. The number of nitrogen functional groups attached to an aromatic ring is 1. The van der Waals surface area contributed by atoms with Crippen LogP contribution in [0.4, 0.5) is 5.00 Å². The fourth-order valence-corrected chi connectivity index (χ4v) is 2.56. The first-order valence-corrected chi connectivity index (χ1v) is 6.93. The highest BCUT2D eigenvalue weighted by molar-refractivity contribution is 7.16. The molecule has 0 spiro atoms. The first kappa shape index (κ1) is 12.9. The van der Waals surface area contributed by atoms with Crippen molar-refractivity contribution in [1.82, 2.24) is 4.98 Å². The van der Waals surface area contributed by atoms with Crippen LogP contribution in [-0.2, 0) is 0 Å². The van der Waals surface area contributed by atoms with Crippen LogP contribution in [0.15, 0.2) is 24.3 Å². The van der Waals surface area contributed by atoms with Crippen LogP contribution in [0.3, 0.4) is 0 Å². The van der Waals surface area contributed by atoms with E-state index in [1.165, 1.54) is 0 Å². The van der Waals surface area contributed by atoms with Gasteiger partial charge in [-0.3, -0.25) is 0 Å². The van der Waals surface area contributed by atoms with E-state index in [9.17, 15) is 0 Å². The summed E-state index contributed by atoms with van der Waals surface area (Å²) in [5.74, 6) is 1.26. The van der Waals surface area contributed by atoms with Crippen molar-refractivity contribution in [3.8, 4) is 17.0 Å². The van der Waals surface area contributed by atoms with Gasteiger partial charge in [-0.1, -0.05) is 26.0 Å². The van der Waals surface area contributed by atoms with Crippen LogP contribution in [0.1, 0.15) is 31.7 Å². The molecule has 0 aliphatic carbocycles. The summed E-state index contributed by atoms with van der Waals surface area (Å²) in [5.41, 5.74) is 7.93. The van der Waals surface area contributed by atoms with E-state index < -0.39 is 0 Å². The quantitative estimate of drug-likeness (QED) is 0.908. The topological polar surface area (TPSA) is 48.1 Å². The molecule has 3 nitrogen and oxygen atoms in total. The van der Waals surface area contributed by atoms with Crippen molar-refractivity contribution in [2.24, 2.45) is 0 Å². The van der Waals surface area contributed by atoms with Crippen molar-refractivity contribution in [2.75, 3.05) is 12.3 Å². The van der Waals surface area contributed by atoms with Crippen molar-refractivity contribution >= 4 is 16.3 Å². The first-order valence-electron chi connectivity index (χ1n) is 6.11. The highest BCUT2D eigenvalue weighted by Crippen LogP contribution is 2.34. The summed E-state index contributed by atoms with van der Waals surface area (Å²) in [6.07, 6.45) is 0. The Bertz CT molecular complexity index is 534. The molecular formula is C14H18N2OS. The fourth-order valence-electron chi connectivity index (χ4n) is 1.70. The lowest BCUT2D eigenvalue weighted by atomic mass is 10.1. The first-order chi connectivity index (χ1) is 8.61. The third-order valence-corrected chi connectivity index (χ3v) is 3.77. The Balaban J connectivity index is 2.38. The van der Waals surface area contributed by atoms with Crippen molar-refractivity contribution in [3.05, 3.63) is 29.3 Å². The van der Waals surface area contributed by atoms with Gasteiger partial charge < -0.3 is 10.5 Å². The molecule has 0 aliphatic rings. The molecule has 0 bridgehead atoms. The molecule has 2 N–H and O–H groups in total. The summed E-state index contributed by atoms with van der Waals surface area (Å²) in [4.78, 5) is 4.62. The minimum absolute atomic E-state index is 0.404. The molecule has 0 fully saturated rings. The van der Waals surface area contributed by atoms with Gasteiger partial charge in [-0.05, 0) is 19.1 Å². The number of nitrogens with zero attached hydrogens (tertiary/aromatic N) is 1. The van der Waals surface area contributed by atoms with Crippen molar-refractivity contribution < 1.29 is 4.74 Å². The summed E-state index contributed by atoms with van der Waals surface area (Å²) in [5, 5.41) is 1.84. The predicted molar refractivity (Wildman–Crippen MR) is 77.2 cm³/mol. The molecular weight excluding hydrogens is 244 g/mol. The van der Waals surface area contributed by atoms with Crippen molar-refractivity contribution in [1.29, 1.82) is 0 Å². The average molecular weight is 262 g/mol. The van der Waals surface area contributed by atoms with E-state index in [1.54, 1.807) is 11.3 Å². The van der Waals surface area contributed by atoms with Gasteiger partial charge in [-0.2, -0.15) is 0 Å². The van der Waals surface area contributed by atoms with Crippen molar-refractivity contribution in [3.63, 3.8) is 0 Å². The SMILES string of the molecule is CCOc1cccc(-c2nc(C(C)C)sc2N)c1. The Labute approximate surface area is 112 Å². The number of aromatic nitrogens is 1. The number of thiazole rings is 1. The van der Waals surface area contributed by atoms with Gasteiger partial charge in [0.25, 0.3) is 0 Å². The highest BCUT2D eigenvalue weighted by Gasteiger charge is 2.13. The number of anilines is 1. The summed E-state index contributed by atoms with van der Waals surface area (Å²) >= 11 is 1.56. The van der Waals surface area contributed by atoms with Crippen molar-refractivity contribution in [2.45, 2.75) is 26.7 Å². The summed E-state index contributed by atoms with van der Waals surface area (Å²) in [7, 11) is 0. The molecule has 1 aromatic heterocycles. The molecule has 1 aromatic carbocycles. The number of benzene rings is 1. The van der Waals surface area contributed by atoms with Gasteiger partial charge in [-0.25, -0.2) is 4.98 Å². The van der Waals surface area contributed by atoms with Gasteiger partial charge in [0.2, 0.25) is 0 Å². The van der Waals surface area contributed by atoms with Crippen LogP contribution in [-0.4, -0.2) is 11.6 Å². The maximum atomic E-state index is 6.05. The average Bonchev–Trinajstić information content (AvgIpc) is 2.72. The molecule has 18 heavy (non-hydrogen) atoms. The number of nitrogens with two attached hydrogens (primary N) is 1. The molecule has 0 unspecified atom stereocenters. The molecule has 0 saturated heterocycles. The number of rotatable bonds is 4. The summed E-state index contributed by atoms with van der Waals surface area (Å²) in [6, 6.07) is 7.91. The van der Waals surface area contributed by atoms with Gasteiger partial charge >= 0.3 is 0 Å². The maximum Gasteiger partial charge on any atom is 0.119 e. The van der Waals surface area contributed by atoms with Crippen LogP contribution in [0, 0.1) is 0 Å². The Kier molecular flexibility index (Phi) is 3.87.